The topological polar surface area (TPSA) is 0 Å². The van der Waals surface area contributed by atoms with Crippen LogP contribution in [0.15, 0.2) is 0 Å². The third kappa shape index (κ3) is 19.4. The predicted octanol–water partition coefficient (Wildman–Crippen LogP) is 5.39. The molecule has 0 N–H and O–H groups in total. The van der Waals surface area contributed by atoms with E-state index in [4.69, 9.17) is 0 Å². The molecule has 0 aliphatic heterocycles. The van der Waals surface area contributed by atoms with Crippen LogP contribution in [0.5, 0.6) is 0 Å². The number of rotatable bonds is 13. The Morgan fingerprint density at radius 3 is 1.12 bits per heavy atom. The first kappa shape index (κ1) is 20.2. The van der Waals surface area contributed by atoms with Gasteiger partial charge in [-0.25, -0.2) is 0 Å². The van der Waals surface area contributed by atoms with E-state index in [0.717, 1.165) is 6.42 Å². The van der Waals surface area contributed by atoms with E-state index in [1.54, 1.807) is 0 Å². The van der Waals surface area contributed by atoms with Crippen molar-refractivity contribution in [3.8, 4) is 0 Å². The monoisotopic (exact) mass is 435 g/mol. The van der Waals surface area contributed by atoms with Crippen LogP contribution in [0.25, 0.3) is 0 Å². The van der Waals surface area contributed by atoms with Gasteiger partial charge in [-0.15, -0.1) is 0 Å². The maximum atomic E-state index is 3.87. The van der Waals surface area contributed by atoms with Crippen LogP contribution in [0.2, 0.25) is 0 Å². The van der Waals surface area contributed by atoms with Crippen LogP contribution in [-0.4, -0.2) is 27.3 Å². The number of unbranched alkanes of at least 4 members (excludes halogenated alkanes) is 13. The predicted molar refractivity (Wildman–Crippen MR) is 84.2 cm³/mol. The van der Waals surface area contributed by atoms with Crippen LogP contribution >= 0.6 is 0 Å². The summed E-state index contributed by atoms with van der Waals surface area (Å²) in [6, 6.07) is 0. The maximum absolute atomic E-state index is 3.87. The average Bonchev–Trinajstić information content (AvgIpc) is 2.31. The van der Waals surface area contributed by atoms with Gasteiger partial charge in [0.05, 0.1) is 0 Å². The Bertz CT molecular complexity index is 98.1. The second-order valence-electron chi connectivity index (χ2n) is 5.10. The van der Waals surface area contributed by atoms with Gasteiger partial charge < -0.3 is 0 Å². The molecule has 0 rings (SSSR count). The molecule has 0 aliphatic rings. The Hall–Kier alpha value is 0.922. The van der Waals surface area contributed by atoms with Crippen LogP contribution in [0.4, 0.5) is 0 Å². The molecule has 0 aromatic heterocycles. The van der Waals surface area contributed by atoms with E-state index in [0.29, 0.717) is 0 Å². The van der Waals surface area contributed by atoms with Crippen LogP contribution in [-0.2, 0) is 0 Å². The SMILES string of the molecule is [CH2]CCCCCCCCCCCCCCC.[PbH2]. The van der Waals surface area contributed by atoms with Gasteiger partial charge in [0, 0.05) is 0 Å². The minimum absolute atomic E-state index is 0. The average molecular weight is 435 g/mol. The summed E-state index contributed by atoms with van der Waals surface area (Å²) in [6.07, 6.45) is 19.8. The van der Waals surface area contributed by atoms with Gasteiger partial charge in [0.25, 0.3) is 0 Å². The van der Waals surface area contributed by atoms with Crippen molar-refractivity contribution in [3.05, 3.63) is 6.92 Å². The molecule has 0 atom stereocenters. The first-order valence-electron chi connectivity index (χ1n) is 7.71. The Labute approximate surface area is 130 Å². The molecule has 0 saturated carbocycles. The van der Waals surface area contributed by atoms with Gasteiger partial charge >= 0.3 is 27.3 Å². The van der Waals surface area contributed by atoms with Crippen molar-refractivity contribution in [2.75, 3.05) is 0 Å². The number of hydrogen-bond donors (Lipinski definition) is 0. The van der Waals surface area contributed by atoms with Crippen molar-refractivity contribution in [1.29, 1.82) is 0 Å². The van der Waals surface area contributed by atoms with Crippen LogP contribution in [0, 0.1) is 6.92 Å². The van der Waals surface area contributed by atoms with Gasteiger partial charge in [-0.1, -0.05) is 104 Å². The summed E-state index contributed by atoms with van der Waals surface area (Å²) in [7, 11) is 0. The molecule has 0 unspecified atom stereocenters. The molecule has 1 heteroatoms. The van der Waals surface area contributed by atoms with E-state index < -0.39 is 0 Å². The van der Waals surface area contributed by atoms with Crippen LogP contribution in [0.1, 0.15) is 96.8 Å². The minimum atomic E-state index is 0. The van der Waals surface area contributed by atoms with E-state index in [9.17, 15) is 0 Å². The Balaban J connectivity index is 0. The fourth-order valence-electron chi connectivity index (χ4n) is 2.19. The molecule has 0 aliphatic carbocycles. The van der Waals surface area contributed by atoms with Gasteiger partial charge in [-0.05, 0) is 0 Å². The van der Waals surface area contributed by atoms with Crippen molar-refractivity contribution in [2.45, 2.75) is 96.8 Å². The van der Waals surface area contributed by atoms with Crippen LogP contribution < -0.4 is 0 Å². The standard InChI is InChI=1S/C16H33.Pb.2H/c1-3-5-7-9-11-13-15-16-14-12-10-8-6-4-2;;;/h1,3-16H2,2H3;;;. The molecule has 17 heavy (non-hydrogen) atoms. The van der Waals surface area contributed by atoms with Crippen molar-refractivity contribution in [2.24, 2.45) is 0 Å². The Kier molecular flexibility index (Phi) is 22.9. The Morgan fingerprint density at radius 1 is 0.529 bits per heavy atom. The van der Waals surface area contributed by atoms with Crippen molar-refractivity contribution >= 4 is 27.3 Å². The van der Waals surface area contributed by atoms with E-state index >= 15 is 0 Å². The molecule has 0 fully saturated rings. The van der Waals surface area contributed by atoms with Gasteiger partial charge in [0.2, 0.25) is 0 Å². The zero-order chi connectivity index (χ0) is 11.9. The summed E-state index contributed by atoms with van der Waals surface area (Å²) in [5.41, 5.74) is 0. The second-order valence-corrected chi connectivity index (χ2v) is 5.10. The Morgan fingerprint density at radius 2 is 0.824 bits per heavy atom. The second kappa shape index (κ2) is 19.3. The van der Waals surface area contributed by atoms with E-state index in [1.165, 1.54) is 83.5 Å². The molecule has 0 saturated heterocycles. The van der Waals surface area contributed by atoms with Gasteiger partial charge in [-0.3, -0.25) is 0 Å². The molecule has 0 aromatic rings. The van der Waals surface area contributed by atoms with Crippen molar-refractivity contribution in [3.63, 3.8) is 0 Å². The molecule has 0 nitrogen and oxygen atoms in total. The third-order valence-corrected chi connectivity index (χ3v) is 3.35. The third-order valence-electron chi connectivity index (χ3n) is 3.35. The van der Waals surface area contributed by atoms with Crippen molar-refractivity contribution in [1.82, 2.24) is 0 Å². The zero-order valence-corrected chi connectivity index (χ0v) is 17.8. The van der Waals surface area contributed by atoms with Gasteiger partial charge in [0.15, 0.2) is 0 Å². The molecule has 0 bridgehead atoms. The normalized spacial score (nSPS) is 10.2. The molecule has 0 aromatic carbocycles. The van der Waals surface area contributed by atoms with E-state index in [1.807, 2.05) is 0 Å². The fraction of sp³-hybridized carbons (Fsp3) is 0.938. The van der Waals surface area contributed by atoms with E-state index in [-0.39, 0.29) is 27.3 Å². The van der Waals surface area contributed by atoms with E-state index in [2.05, 4.69) is 13.8 Å². The molecule has 103 valence electrons. The van der Waals surface area contributed by atoms with Gasteiger partial charge in [0.1, 0.15) is 0 Å². The first-order chi connectivity index (χ1) is 7.91. The molecule has 3 radical (unpaired) electrons. The molecular weight excluding hydrogens is 399 g/mol. The van der Waals surface area contributed by atoms with Gasteiger partial charge in [-0.2, -0.15) is 0 Å². The zero-order valence-electron chi connectivity index (χ0n) is 12.3. The number of hydrogen-bond acceptors (Lipinski definition) is 0. The summed E-state index contributed by atoms with van der Waals surface area (Å²) < 4.78 is 0. The molecular formula is C16H35Pb. The molecule has 0 heterocycles. The molecule has 0 spiro atoms. The summed E-state index contributed by atoms with van der Waals surface area (Å²) in [4.78, 5) is 0. The molecule has 0 amide bonds. The summed E-state index contributed by atoms with van der Waals surface area (Å²) >= 11 is 0. The van der Waals surface area contributed by atoms with Crippen LogP contribution in [0.3, 0.4) is 0 Å². The fourth-order valence-corrected chi connectivity index (χ4v) is 2.19. The van der Waals surface area contributed by atoms with Crippen molar-refractivity contribution < 1.29 is 0 Å². The quantitative estimate of drug-likeness (QED) is 0.269. The summed E-state index contributed by atoms with van der Waals surface area (Å²) in [5.74, 6) is 0. The summed E-state index contributed by atoms with van der Waals surface area (Å²) in [6.45, 7) is 6.16. The first-order valence-corrected chi connectivity index (χ1v) is 7.71. The summed E-state index contributed by atoms with van der Waals surface area (Å²) in [5, 5.41) is 0.